The van der Waals surface area contributed by atoms with Gasteiger partial charge in [0, 0.05) is 18.1 Å². The molecule has 0 spiro atoms. The minimum absolute atomic E-state index is 0.0297. The predicted molar refractivity (Wildman–Crippen MR) is 130 cm³/mol. The monoisotopic (exact) mass is 455 g/mol. The molecular weight excluding hydrogens is 434 g/mol. The van der Waals surface area contributed by atoms with Crippen LogP contribution in [0.25, 0.3) is 23.0 Å². The van der Waals surface area contributed by atoms with Gasteiger partial charge in [0.2, 0.25) is 0 Å². The van der Waals surface area contributed by atoms with Crippen LogP contribution in [0.15, 0.2) is 70.3 Å². The fourth-order valence-electron chi connectivity index (χ4n) is 3.45. The minimum atomic E-state index is -0.551. The van der Waals surface area contributed by atoms with Crippen molar-refractivity contribution < 1.29 is 4.79 Å². The van der Waals surface area contributed by atoms with Gasteiger partial charge < -0.3 is 0 Å². The summed E-state index contributed by atoms with van der Waals surface area (Å²) in [5.74, 6) is -0.551. The molecule has 33 heavy (non-hydrogen) atoms. The Morgan fingerprint density at radius 3 is 2.48 bits per heavy atom. The van der Waals surface area contributed by atoms with E-state index in [1.54, 1.807) is 14.7 Å². The zero-order valence-corrected chi connectivity index (χ0v) is 19.2. The third-order valence-corrected chi connectivity index (χ3v) is 6.05. The number of anilines is 1. The number of hydrogen-bond donors (Lipinski definition) is 1. The van der Waals surface area contributed by atoms with Gasteiger partial charge in [-0.2, -0.15) is 5.26 Å². The van der Waals surface area contributed by atoms with Gasteiger partial charge in [0.15, 0.2) is 5.13 Å². The zero-order valence-electron chi connectivity index (χ0n) is 18.4. The van der Waals surface area contributed by atoms with Crippen molar-refractivity contribution in [2.24, 2.45) is 7.05 Å². The summed E-state index contributed by atoms with van der Waals surface area (Å²) in [7, 11) is 1.82. The van der Waals surface area contributed by atoms with Crippen molar-refractivity contribution in [2.45, 2.75) is 13.8 Å². The first-order valence-electron chi connectivity index (χ1n) is 10.2. The second-order valence-corrected chi connectivity index (χ2v) is 8.37. The van der Waals surface area contributed by atoms with Crippen molar-refractivity contribution in [3.05, 3.63) is 92.7 Å². The molecule has 0 atom stereocenters. The summed E-state index contributed by atoms with van der Waals surface area (Å²) in [5.41, 5.74) is 4.07. The van der Waals surface area contributed by atoms with E-state index >= 15 is 0 Å². The lowest BCUT2D eigenvalue weighted by Crippen LogP contribution is -2.20. The van der Waals surface area contributed by atoms with Crippen LogP contribution in [-0.4, -0.2) is 20.3 Å². The fraction of sp³-hybridized carbons (Fsp3) is 0.120. The van der Waals surface area contributed by atoms with Crippen LogP contribution < -0.4 is 10.9 Å². The van der Waals surface area contributed by atoms with Gasteiger partial charge in [-0.15, -0.1) is 11.3 Å². The Bertz CT molecular complexity index is 1450. The summed E-state index contributed by atoms with van der Waals surface area (Å²) < 4.78 is 3.36. The van der Waals surface area contributed by atoms with E-state index in [0.29, 0.717) is 16.4 Å². The maximum absolute atomic E-state index is 13.2. The number of amides is 1. The number of nitrogens with one attached hydrogen (secondary N) is 1. The molecule has 0 bridgehead atoms. The van der Waals surface area contributed by atoms with E-state index in [-0.39, 0.29) is 11.1 Å². The van der Waals surface area contributed by atoms with Gasteiger partial charge in [0.1, 0.15) is 11.6 Å². The molecule has 1 amide bonds. The van der Waals surface area contributed by atoms with Crippen molar-refractivity contribution in [1.82, 2.24) is 14.3 Å². The second-order valence-electron chi connectivity index (χ2n) is 7.51. The van der Waals surface area contributed by atoms with E-state index in [9.17, 15) is 14.9 Å². The number of nitrogens with zero attached hydrogens (tertiary/aromatic N) is 4. The average molecular weight is 456 g/mol. The number of thiazole rings is 1. The molecule has 0 aliphatic heterocycles. The molecule has 4 aromatic rings. The number of rotatable bonds is 5. The van der Waals surface area contributed by atoms with Gasteiger partial charge in [0.05, 0.1) is 16.9 Å². The predicted octanol–water partition coefficient (Wildman–Crippen LogP) is 4.46. The third kappa shape index (κ3) is 4.40. The molecule has 8 heteroatoms. The first-order valence-corrected chi connectivity index (χ1v) is 11.1. The normalized spacial score (nSPS) is 11.3. The Morgan fingerprint density at radius 1 is 1.12 bits per heavy atom. The van der Waals surface area contributed by atoms with Crippen LogP contribution in [0.3, 0.4) is 0 Å². The summed E-state index contributed by atoms with van der Waals surface area (Å²) in [6.07, 6.45) is 1.53. The number of para-hydroxylation sites is 1. The molecule has 2 aromatic heterocycles. The molecule has 2 aromatic carbocycles. The number of aryl methyl sites for hydroxylation is 1. The smallest absolute Gasteiger partial charge is 0.281 e. The average Bonchev–Trinajstić information content (AvgIpc) is 3.35. The molecule has 0 radical (unpaired) electrons. The van der Waals surface area contributed by atoms with E-state index in [0.717, 1.165) is 22.5 Å². The van der Waals surface area contributed by atoms with Gasteiger partial charge in [-0.1, -0.05) is 48.0 Å². The Balaban J connectivity index is 1.61. The number of carbonyl (C=O) groups excluding carboxylic acids is 1. The topological polar surface area (TPSA) is 92.7 Å². The molecule has 0 saturated heterocycles. The van der Waals surface area contributed by atoms with Crippen LogP contribution in [0, 0.1) is 25.2 Å². The highest BCUT2D eigenvalue weighted by atomic mass is 32.1. The van der Waals surface area contributed by atoms with E-state index in [1.165, 1.54) is 17.4 Å². The summed E-state index contributed by atoms with van der Waals surface area (Å²) in [6.45, 7) is 3.82. The Hall–Kier alpha value is -4.22. The van der Waals surface area contributed by atoms with Gasteiger partial charge in [-0.05, 0) is 37.6 Å². The van der Waals surface area contributed by atoms with Crippen molar-refractivity contribution in [3.63, 3.8) is 0 Å². The van der Waals surface area contributed by atoms with Crippen LogP contribution in [0.1, 0.15) is 16.8 Å². The van der Waals surface area contributed by atoms with Crippen LogP contribution in [0.2, 0.25) is 0 Å². The Morgan fingerprint density at radius 2 is 1.82 bits per heavy atom. The third-order valence-electron chi connectivity index (χ3n) is 5.29. The second kappa shape index (κ2) is 9.10. The van der Waals surface area contributed by atoms with E-state index in [1.807, 2.05) is 81.6 Å². The van der Waals surface area contributed by atoms with E-state index < -0.39 is 5.91 Å². The number of hydrogen-bond acceptors (Lipinski definition) is 5. The molecule has 0 fully saturated rings. The van der Waals surface area contributed by atoms with Crippen molar-refractivity contribution in [3.8, 4) is 23.0 Å². The molecular formula is C25H21N5O2S. The highest BCUT2D eigenvalue weighted by Gasteiger charge is 2.20. The molecule has 0 unspecified atom stereocenters. The number of aromatic nitrogens is 3. The molecule has 164 valence electrons. The largest absolute Gasteiger partial charge is 0.297 e. The molecule has 1 N–H and O–H groups in total. The Kier molecular flexibility index (Phi) is 6.07. The number of nitriles is 1. The highest BCUT2D eigenvalue weighted by Crippen LogP contribution is 2.26. The van der Waals surface area contributed by atoms with Gasteiger partial charge >= 0.3 is 0 Å². The number of benzene rings is 2. The maximum atomic E-state index is 13.2. The van der Waals surface area contributed by atoms with Crippen LogP contribution in [0.5, 0.6) is 0 Å². The van der Waals surface area contributed by atoms with Crippen LogP contribution in [-0.2, 0) is 11.8 Å². The summed E-state index contributed by atoms with van der Waals surface area (Å²) in [6, 6.07) is 18.8. The quantitative estimate of drug-likeness (QED) is 0.355. The highest BCUT2D eigenvalue weighted by molar-refractivity contribution is 7.14. The lowest BCUT2D eigenvalue weighted by atomic mass is 10.1. The van der Waals surface area contributed by atoms with E-state index in [4.69, 9.17) is 0 Å². The molecule has 0 aliphatic rings. The molecule has 0 aliphatic carbocycles. The molecule has 4 rings (SSSR count). The first-order chi connectivity index (χ1) is 15.9. The summed E-state index contributed by atoms with van der Waals surface area (Å²) >= 11 is 1.20. The minimum Gasteiger partial charge on any atom is -0.297 e. The lowest BCUT2D eigenvalue weighted by molar-refractivity contribution is -0.112. The fourth-order valence-corrected chi connectivity index (χ4v) is 4.15. The van der Waals surface area contributed by atoms with Crippen molar-refractivity contribution in [2.75, 3.05) is 5.32 Å². The van der Waals surface area contributed by atoms with Crippen LogP contribution >= 0.6 is 11.3 Å². The van der Waals surface area contributed by atoms with Crippen LogP contribution in [0.4, 0.5) is 5.13 Å². The molecule has 2 heterocycles. The maximum Gasteiger partial charge on any atom is 0.281 e. The number of carbonyl (C=O) groups is 1. The lowest BCUT2D eigenvalue weighted by Gasteiger charge is -2.07. The van der Waals surface area contributed by atoms with Gasteiger partial charge in [0.25, 0.3) is 11.5 Å². The summed E-state index contributed by atoms with van der Waals surface area (Å²) in [5, 5.41) is 14.2. The molecule has 7 nitrogen and oxygen atoms in total. The molecule has 0 saturated carbocycles. The first kappa shape index (κ1) is 22.0. The SMILES string of the molecule is Cc1ccc(/C=C(\C#N)C(=O)Nc2nc(-c3c(C)n(C)n(-c4ccccc4)c3=O)cs2)cc1. The van der Waals surface area contributed by atoms with Crippen molar-refractivity contribution >= 4 is 28.5 Å². The zero-order chi connectivity index (χ0) is 23.5. The summed E-state index contributed by atoms with van der Waals surface area (Å²) in [4.78, 5) is 30.3. The van der Waals surface area contributed by atoms with Crippen molar-refractivity contribution in [1.29, 1.82) is 5.26 Å². The van der Waals surface area contributed by atoms with E-state index in [2.05, 4.69) is 10.3 Å². The van der Waals surface area contributed by atoms with Gasteiger partial charge in [-0.25, -0.2) is 9.67 Å². The Labute approximate surface area is 194 Å². The van der Waals surface area contributed by atoms with Gasteiger partial charge in [-0.3, -0.25) is 19.6 Å². The standard InChI is InChI=1S/C25H21N5O2S/c1-16-9-11-18(12-10-16)13-19(14-26)23(31)28-25-27-21(15-33-25)22-17(2)29(3)30(24(22)32)20-7-5-4-6-8-20/h4-13,15H,1-3H3,(H,27,28,31)/b19-13+.